The van der Waals surface area contributed by atoms with Crippen molar-refractivity contribution in [3.8, 4) is 0 Å². The van der Waals surface area contributed by atoms with Crippen molar-refractivity contribution >= 4 is 17.6 Å². The minimum Gasteiger partial charge on any atom is -0.478 e. The molecule has 1 N–H and O–H groups in total. The Hall–Kier alpha value is -2.04. The van der Waals surface area contributed by atoms with Gasteiger partial charge in [0, 0.05) is 7.05 Å². The number of hydrogen-bond acceptors (Lipinski definition) is 3. The molecule has 1 amide bonds. The van der Waals surface area contributed by atoms with E-state index >= 15 is 0 Å². The van der Waals surface area contributed by atoms with Crippen molar-refractivity contribution < 1.29 is 14.7 Å². The molecular formula is C12H14N2O3. The van der Waals surface area contributed by atoms with Gasteiger partial charge in [0.25, 0.3) is 0 Å². The van der Waals surface area contributed by atoms with Crippen LogP contribution in [0.25, 0.3) is 0 Å². The molecule has 5 nitrogen and oxygen atoms in total. The van der Waals surface area contributed by atoms with Crippen LogP contribution in [0.1, 0.15) is 17.3 Å². The molecule has 1 aromatic carbocycles. The molecule has 1 unspecified atom stereocenters. The van der Waals surface area contributed by atoms with E-state index in [0.717, 1.165) is 5.69 Å². The second-order valence-corrected chi connectivity index (χ2v) is 4.20. The number of amides is 1. The van der Waals surface area contributed by atoms with E-state index in [1.807, 2.05) is 6.92 Å². The lowest BCUT2D eigenvalue weighted by Gasteiger charge is -2.26. The van der Waals surface area contributed by atoms with Crippen LogP contribution in [0, 0.1) is 5.92 Å². The first kappa shape index (κ1) is 11.4. The van der Waals surface area contributed by atoms with Crippen LogP contribution in [0.4, 0.5) is 5.69 Å². The summed E-state index contributed by atoms with van der Waals surface area (Å²) < 4.78 is 0. The molecule has 1 fully saturated rings. The monoisotopic (exact) mass is 234 g/mol. The topological polar surface area (TPSA) is 60.9 Å². The average Bonchev–Trinajstić information content (AvgIpc) is 2.57. The van der Waals surface area contributed by atoms with E-state index in [9.17, 15) is 9.59 Å². The average molecular weight is 234 g/mol. The second kappa shape index (κ2) is 4.08. The van der Waals surface area contributed by atoms with Gasteiger partial charge in [0.05, 0.1) is 23.7 Å². The molecule has 0 radical (unpaired) electrons. The lowest BCUT2D eigenvalue weighted by atomic mass is 10.1. The zero-order chi connectivity index (χ0) is 12.6. The number of carboxylic acids is 1. The molecule has 0 bridgehead atoms. The van der Waals surface area contributed by atoms with Crippen molar-refractivity contribution in [1.29, 1.82) is 0 Å². The molecule has 1 atom stereocenters. The van der Waals surface area contributed by atoms with Crippen LogP contribution in [0.15, 0.2) is 24.3 Å². The van der Waals surface area contributed by atoms with E-state index in [2.05, 4.69) is 0 Å². The minimum atomic E-state index is -0.965. The Morgan fingerprint density at radius 2 is 2.18 bits per heavy atom. The molecule has 1 aliphatic heterocycles. The van der Waals surface area contributed by atoms with Crippen LogP contribution in [0.3, 0.4) is 0 Å². The number of nitrogens with zero attached hydrogens (tertiary/aromatic N) is 2. The SMILES string of the molecule is CC1CN(c2cccc(C(=O)O)c2)N(C)C1=O. The highest BCUT2D eigenvalue weighted by molar-refractivity contribution is 5.89. The smallest absolute Gasteiger partial charge is 0.335 e. The lowest BCUT2D eigenvalue weighted by Crippen LogP contribution is -2.35. The summed E-state index contributed by atoms with van der Waals surface area (Å²) in [4.78, 5) is 22.6. The zero-order valence-electron chi connectivity index (χ0n) is 9.75. The summed E-state index contributed by atoms with van der Waals surface area (Å²) in [6, 6.07) is 6.59. The Bertz CT molecular complexity index is 473. The fraction of sp³-hybridized carbons (Fsp3) is 0.333. The molecule has 0 spiro atoms. The van der Waals surface area contributed by atoms with E-state index < -0.39 is 5.97 Å². The van der Waals surface area contributed by atoms with Crippen molar-refractivity contribution in [3.05, 3.63) is 29.8 Å². The fourth-order valence-electron chi connectivity index (χ4n) is 1.98. The van der Waals surface area contributed by atoms with Crippen LogP contribution < -0.4 is 5.01 Å². The Morgan fingerprint density at radius 1 is 1.47 bits per heavy atom. The number of hydrazine groups is 1. The number of anilines is 1. The Morgan fingerprint density at radius 3 is 2.71 bits per heavy atom. The summed E-state index contributed by atoms with van der Waals surface area (Å²) in [6.07, 6.45) is 0. The number of hydrogen-bond donors (Lipinski definition) is 1. The molecule has 1 aliphatic rings. The highest BCUT2D eigenvalue weighted by atomic mass is 16.4. The molecule has 2 rings (SSSR count). The van der Waals surface area contributed by atoms with Gasteiger partial charge < -0.3 is 5.11 Å². The Labute approximate surface area is 99.2 Å². The normalized spacial score (nSPS) is 19.9. The summed E-state index contributed by atoms with van der Waals surface area (Å²) in [5.41, 5.74) is 0.952. The second-order valence-electron chi connectivity index (χ2n) is 4.20. The summed E-state index contributed by atoms with van der Waals surface area (Å²) in [6.45, 7) is 2.44. The summed E-state index contributed by atoms with van der Waals surface area (Å²) >= 11 is 0. The Balaban J connectivity index is 2.32. The predicted octanol–water partition coefficient (Wildman–Crippen LogP) is 1.21. The molecule has 0 aliphatic carbocycles. The first-order valence-corrected chi connectivity index (χ1v) is 5.39. The molecule has 90 valence electrons. The van der Waals surface area contributed by atoms with Gasteiger partial charge in [-0.3, -0.25) is 14.8 Å². The molecule has 5 heteroatoms. The van der Waals surface area contributed by atoms with Crippen molar-refractivity contribution in [3.63, 3.8) is 0 Å². The number of carbonyl (C=O) groups is 2. The van der Waals surface area contributed by atoms with Gasteiger partial charge in [0.15, 0.2) is 0 Å². The van der Waals surface area contributed by atoms with Gasteiger partial charge in [-0.1, -0.05) is 13.0 Å². The van der Waals surface area contributed by atoms with Crippen molar-refractivity contribution in [2.24, 2.45) is 5.92 Å². The molecule has 0 aromatic heterocycles. The molecule has 1 heterocycles. The first-order chi connectivity index (χ1) is 8.00. The van der Waals surface area contributed by atoms with Gasteiger partial charge in [0.1, 0.15) is 0 Å². The maximum absolute atomic E-state index is 11.7. The van der Waals surface area contributed by atoms with Gasteiger partial charge in [-0.15, -0.1) is 0 Å². The summed E-state index contributed by atoms with van der Waals surface area (Å²) in [5, 5.41) is 12.2. The van der Waals surface area contributed by atoms with E-state index in [1.165, 1.54) is 11.1 Å². The van der Waals surface area contributed by atoms with Crippen LogP contribution in [-0.4, -0.2) is 35.6 Å². The molecule has 17 heavy (non-hydrogen) atoms. The minimum absolute atomic E-state index is 0.0470. The zero-order valence-corrected chi connectivity index (χ0v) is 9.75. The molecule has 1 saturated heterocycles. The van der Waals surface area contributed by atoms with E-state index in [-0.39, 0.29) is 17.4 Å². The van der Waals surface area contributed by atoms with E-state index in [1.54, 1.807) is 30.3 Å². The third-order valence-corrected chi connectivity index (χ3v) is 2.94. The maximum Gasteiger partial charge on any atom is 0.335 e. The van der Waals surface area contributed by atoms with Crippen LogP contribution in [-0.2, 0) is 4.79 Å². The number of aromatic carboxylic acids is 1. The number of benzene rings is 1. The number of rotatable bonds is 2. The van der Waals surface area contributed by atoms with Crippen molar-refractivity contribution in [1.82, 2.24) is 5.01 Å². The van der Waals surface area contributed by atoms with Crippen molar-refractivity contribution in [2.45, 2.75) is 6.92 Å². The largest absolute Gasteiger partial charge is 0.478 e. The maximum atomic E-state index is 11.7. The quantitative estimate of drug-likeness (QED) is 0.835. The third kappa shape index (κ3) is 1.95. The van der Waals surface area contributed by atoms with Crippen LogP contribution in [0.5, 0.6) is 0 Å². The lowest BCUT2D eigenvalue weighted by molar-refractivity contribution is -0.129. The van der Waals surface area contributed by atoms with Gasteiger partial charge in [-0.05, 0) is 18.2 Å². The van der Waals surface area contributed by atoms with Crippen LogP contribution >= 0.6 is 0 Å². The number of carbonyl (C=O) groups excluding carboxylic acids is 1. The van der Waals surface area contributed by atoms with Crippen molar-refractivity contribution in [2.75, 3.05) is 18.6 Å². The van der Waals surface area contributed by atoms with Gasteiger partial charge in [-0.25, -0.2) is 4.79 Å². The van der Waals surface area contributed by atoms with Gasteiger partial charge >= 0.3 is 5.97 Å². The molecule has 0 saturated carbocycles. The number of carboxylic acid groups (broad SMARTS) is 1. The van der Waals surface area contributed by atoms with Gasteiger partial charge in [-0.2, -0.15) is 0 Å². The van der Waals surface area contributed by atoms with Crippen LogP contribution in [0.2, 0.25) is 0 Å². The van der Waals surface area contributed by atoms with E-state index in [4.69, 9.17) is 5.11 Å². The summed E-state index contributed by atoms with van der Waals surface area (Å²) in [5.74, 6) is -0.979. The highest BCUT2D eigenvalue weighted by Crippen LogP contribution is 2.24. The fourth-order valence-corrected chi connectivity index (χ4v) is 1.98. The highest BCUT2D eigenvalue weighted by Gasteiger charge is 2.32. The third-order valence-electron chi connectivity index (χ3n) is 2.94. The first-order valence-electron chi connectivity index (χ1n) is 5.39. The Kier molecular flexibility index (Phi) is 2.75. The van der Waals surface area contributed by atoms with E-state index in [0.29, 0.717) is 6.54 Å². The van der Waals surface area contributed by atoms with Gasteiger partial charge in [0.2, 0.25) is 5.91 Å². The standard InChI is InChI=1S/C12H14N2O3/c1-8-7-14(13(2)11(8)15)10-5-3-4-9(6-10)12(16)17/h3-6,8H,7H2,1-2H3,(H,16,17). The molecule has 1 aromatic rings. The predicted molar refractivity (Wildman–Crippen MR) is 62.7 cm³/mol. The summed E-state index contributed by atoms with van der Waals surface area (Å²) in [7, 11) is 1.69. The molecular weight excluding hydrogens is 220 g/mol.